The first-order valence-corrected chi connectivity index (χ1v) is 10.0. The summed E-state index contributed by atoms with van der Waals surface area (Å²) < 4.78 is 1.97. The van der Waals surface area contributed by atoms with Crippen LogP contribution >= 0.6 is 11.8 Å². The fraction of sp³-hybridized carbons (Fsp3) is 0.812. The number of piperidine rings is 1. The summed E-state index contributed by atoms with van der Waals surface area (Å²) in [6, 6.07) is -0.396. The highest BCUT2D eigenvalue weighted by molar-refractivity contribution is 7.99. The topological polar surface area (TPSA) is 80.3 Å². The van der Waals surface area contributed by atoms with E-state index in [1.54, 1.807) is 6.92 Å². The van der Waals surface area contributed by atoms with Gasteiger partial charge in [0.25, 0.3) is 0 Å². The summed E-state index contributed by atoms with van der Waals surface area (Å²) in [5.74, 6) is 3.05. The molecule has 0 radical (unpaired) electrons. The Bertz CT molecular complexity index is 534. The molecule has 2 aliphatic heterocycles. The summed E-state index contributed by atoms with van der Waals surface area (Å²) >= 11 is 2.02. The van der Waals surface area contributed by atoms with Gasteiger partial charge in [0.1, 0.15) is 0 Å². The van der Waals surface area contributed by atoms with Crippen LogP contribution in [0.4, 0.5) is 0 Å². The first-order chi connectivity index (χ1) is 11.6. The van der Waals surface area contributed by atoms with Crippen molar-refractivity contribution in [3.8, 4) is 0 Å². The highest BCUT2D eigenvalue weighted by Crippen LogP contribution is 2.19. The molecule has 2 fully saturated rings. The number of carbonyl (C=O) groups excluding carboxylic acids is 1. The van der Waals surface area contributed by atoms with E-state index in [1.807, 2.05) is 21.3 Å². The molecule has 0 aromatic carbocycles. The molecule has 2 saturated heterocycles. The van der Waals surface area contributed by atoms with Gasteiger partial charge in [-0.05, 0) is 25.7 Å². The van der Waals surface area contributed by atoms with E-state index in [9.17, 15) is 4.79 Å². The maximum Gasteiger partial charge on any atom is 0.239 e. The molecule has 1 amide bonds. The van der Waals surface area contributed by atoms with Crippen LogP contribution in [0.5, 0.6) is 0 Å². The molecule has 7 nitrogen and oxygen atoms in total. The van der Waals surface area contributed by atoms with Crippen LogP contribution in [0.3, 0.4) is 0 Å². The Kier molecular flexibility index (Phi) is 6.13. The third kappa shape index (κ3) is 4.70. The monoisotopic (exact) mass is 352 g/mol. The Morgan fingerprint density at radius 1 is 1.33 bits per heavy atom. The molecule has 0 spiro atoms. The predicted molar refractivity (Wildman–Crippen MR) is 95.6 cm³/mol. The van der Waals surface area contributed by atoms with Gasteiger partial charge >= 0.3 is 0 Å². The summed E-state index contributed by atoms with van der Waals surface area (Å²) in [5.41, 5.74) is 6.75. The van der Waals surface area contributed by atoms with E-state index in [2.05, 4.69) is 21.4 Å². The molecule has 0 saturated carbocycles. The molecule has 3 heterocycles. The zero-order chi connectivity index (χ0) is 16.9. The predicted octanol–water partition coefficient (Wildman–Crippen LogP) is 0.413. The van der Waals surface area contributed by atoms with Crippen molar-refractivity contribution < 1.29 is 4.79 Å². The van der Waals surface area contributed by atoms with Crippen molar-refractivity contribution in [3.05, 3.63) is 11.9 Å². The largest absolute Gasteiger partial charge is 0.341 e. The van der Waals surface area contributed by atoms with E-state index in [-0.39, 0.29) is 5.91 Å². The molecule has 1 aromatic rings. The number of nitrogens with two attached hydrogens (primary N) is 1. The zero-order valence-corrected chi connectivity index (χ0v) is 15.2. The van der Waals surface area contributed by atoms with E-state index in [4.69, 9.17) is 5.73 Å². The van der Waals surface area contributed by atoms with E-state index < -0.39 is 6.04 Å². The maximum atomic E-state index is 11.9. The van der Waals surface area contributed by atoms with Gasteiger partial charge in [0.15, 0.2) is 0 Å². The quantitative estimate of drug-likeness (QED) is 0.827. The van der Waals surface area contributed by atoms with Crippen molar-refractivity contribution in [2.24, 2.45) is 11.7 Å². The van der Waals surface area contributed by atoms with Gasteiger partial charge < -0.3 is 10.6 Å². The fourth-order valence-electron chi connectivity index (χ4n) is 3.38. The Morgan fingerprint density at radius 2 is 2.04 bits per heavy atom. The highest BCUT2D eigenvalue weighted by Gasteiger charge is 2.25. The van der Waals surface area contributed by atoms with E-state index in [0.29, 0.717) is 5.92 Å². The molecule has 8 heteroatoms. The van der Waals surface area contributed by atoms with E-state index >= 15 is 0 Å². The molecule has 134 valence electrons. The normalized spacial score (nSPS) is 21.8. The fourth-order valence-corrected chi connectivity index (χ4v) is 4.36. The molecular weight excluding hydrogens is 324 g/mol. The number of hydrogen-bond donors (Lipinski definition) is 1. The summed E-state index contributed by atoms with van der Waals surface area (Å²) in [4.78, 5) is 16.3. The number of hydrogen-bond acceptors (Lipinski definition) is 6. The molecule has 0 bridgehead atoms. The minimum Gasteiger partial charge on any atom is -0.341 e. The van der Waals surface area contributed by atoms with Crippen molar-refractivity contribution >= 4 is 17.7 Å². The Balaban J connectivity index is 1.45. The molecule has 1 aromatic heterocycles. The molecule has 3 rings (SSSR count). The van der Waals surface area contributed by atoms with Gasteiger partial charge in [0.2, 0.25) is 5.91 Å². The van der Waals surface area contributed by atoms with Crippen molar-refractivity contribution in [1.82, 2.24) is 24.8 Å². The summed E-state index contributed by atoms with van der Waals surface area (Å²) in [6.45, 7) is 7.45. The smallest absolute Gasteiger partial charge is 0.239 e. The Morgan fingerprint density at radius 3 is 2.71 bits per heavy atom. The zero-order valence-electron chi connectivity index (χ0n) is 14.4. The lowest BCUT2D eigenvalue weighted by atomic mass is 9.96. The van der Waals surface area contributed by atoms with Gasteiger partial charge in [-0.3, -0.25) is 14.4 Å². The van der Waals surface area contributed by atoms with Crippen LogP contribution in [-0.2, 0) is 17.9 Å². The van der Waals surface area contributed by atoms with Crippen molar-refractivity contribution in [2.75, 3.05) is 37.7 Å². The third-order valence-electron chi connectivity index (χ3n) is 4.84. The van der Waals surface area contributed by atoms with Gasteiger partial charge in [-0.2, -0.15) is 11.8 Å². The number of aromatic nitrogens is 3. The first-order valence-electron chi connectivity index (χ1n) is 8.85. The number of amides is 1. The van der Waals surface area contributed by atoms with Crippen LogP contribution in [-0.4, -0.2) is 74.4 Å². The second-order valence-electron chi connectivity index (χ2n) is 6.88. The minimum absolute atomic E-state index is 0.0659. The number of likely N-dealkylation sites (tertiary alicyclic amines) is 1. The standard InChI is InChI=1S/C16H28N6OS/c1-13(17)16(23)21-4-2-14(3-5-21)10-22-12-15(18-19-22)11-20-6-8-24-9-7-20/h12-14H,2-11,17H2,1H3/t13-/m0/s1. The minimum atomic E-state index is -0.396. The third-order valence-corrected chi connectivity index (χ3v) is 5.78. The first kappa shape index (κ1) is 17.7. The summed E-state index contributed by atoms with van der Waals surface area (Å²) in [5, 5.41) is 8.62. The highest BCUT2D eigenvalue weighted by atomic mass is 32.2. The molecule has 24 heavy (non-hydrogen) atoms. The molecule has 2 aliphatic rings. The number of nitrogens with zero attached hydrogens (tertiary/aromatic N) is 5. The number of rotatable bonds is 5. The lowest BCUT2D eigenvalue weighted by molar-refractivity contribution is -0.133. The van der Waals surface area contributed by atoms with E-state index in [1.165, 1.54) is 11.5 Å². The SMILES string of the molecule is C[C@H](N)C(=O)N1CCC(Cn2cc(CN3CCSCC3)nn2)CC1. The summed E-state index contributed by atoms with van der Waals surface area (Å²) in [6.07, 6.45) is 4.11. The van der Waals surface area contributed by atoms with Gasteiger partial charge in [0.05, 0.1) is 11.7 Å². The summed E-state index contributed by atoms with van der Waals surface area (Å²) in [7, 11) is 0. The van der Waals surface area contributed by atoms with E-state index in [0.717, 1.165) is 57.8 Å². The van der Waals surface area contributed by atoms with Crippen LogP contribution in [0.15, 0.2) is 6.20 Å². The second-order valence-corrected chi connectivity index (χ2v) is 8.10. The van der Waals surface area contributed by atoms with Crippen molar-refractivity contribution in [3.63, 3.8) is 0 Å². The van der Waals surface area contributed by atoms with Crippen LogP contribution in [0.2, 0.25) is 0 Å². The Labute approximate surface area is 147 Å². The van der Waals surface area contributed by atoms with Gasteiger partial charge in [-0.1, -0.05) is 5.21 Å². The Hall–Kier alpha value is -1.12. The average Bonchev–Trinajstić information content (AvgIpc) is 3.02. The molecular formula is C16H28N6OS. The number of carbonyl (C=O) groups is 1. The lowest BCUT2D eigenvalue weighted by Gasteiger charge is -2.32. The second kappa shape index (κ2) is 8.31. The maximum absolute atomic E-state index is 11.9. The molecule has 1 atom stereocenters. The molecule has 0 aliphatic carbocycles. The van der Waals surface area contributed by atoms with Gasteiger partial charge in [-0.15, -0.1) is 5.10 Å². The van der Waals surface area contributed by atoms with Crippen molar-refractivity contribution in [2.45, 2.75) is 38.9 Å². The van der Waals surface area contributed by atoms with Gasteiger partial charge in [-0.25, -0.2) is 0 Å². The number of thioether (sulfide) groups is 1. The van der Waals surface area contributed by atoms with Crippen molar-refractivity contribution in [1.29, 1.82) is 0 Å². The van der Waals surface area contributed by atoms with Crippen LogP contribution < -0.4 is 5.73 Å². The molecule has 0 unspecified atom stereocenters. The average molecular weight is 353 g/mol. The van der Waals surface area contributed by atoms with Crippen LogP contribution in [0, 0.1) is 5.92 Å². The van der Waals surface area contributed by atoms with Gasteiger partial charge in [0, 0.05) is 57.0 Å². The van der Waals surface area contributed by atoms with Crippen LogP contribution in [0.25, 0.3) is 0 Å². The molecule has 2 N–H and O–H groups in total. The van der Waals surface area contributed by atoms with Crippen LogP contribution in [0.1, 0.15) is 25.5 Å². The lowest BCUT2D eigenvalue weighted by Crippen LogP contribution is -2.46.